The van der Waals surface area contributed by atoms with Gasteiger partial charge in [-0.2, -0.15) is 4.31 Å². The summed E-state index contributed by atoms with van der Waals surface area (Å²) in [6.07, 6.45) is 0. The maximum absolute atomic E-state index is 12.5. The number of halogens is 1. The summed E-state index contributed by atoms with van der Waals surface area (Å²) in [6, 6.07) is 6.13. The predicted octanol–water partition coefficient (Wildman–Crippen LogP) is 1.17. The molecule has 2 atom stereocenters. The van der Waals surface area contributed by atoms with Gasteiger partial charge in [0.1, 0.15) is 0 Å². The number of carbonyl (C=O) groups excluding carboxylic acids is 1. The maximum atomic E-state index is 12.5. The zero-order chi connectivity index (χ0) is 17.2. The highest BCUT2D eigenvalue weighted by atomic mass is 35.5. The second-order valence-electron chi connectivity index (χ2n) is 5.79. The number of amides is 1. The van der Waals surface area contributed by atoms with Gasteiger partial charge in [-0.25, -0.2) is 8.42 Å². The maximum Gasteiger partial charge on any atom is 0.243 e. The van der Waals surface area contributed by atoms with Gasteiger partial charge in [0.05, 0.1) is 11.4 Å². The lowest BCUT2D eigenvalue weighted by atomic mass is 10.1. The van der Waals surface area contributed by atoms with Crippen molar-refractivity contribution in [1.29, 1.82) is 0 Å². The van der Waals surface area contributed by atoms with Crippen LogP contribution in [0.15, 0.2) is 29.2 Å². The lowest BCUT2D eigenvalue weighted by Crippen LogP contribution is -2.58. The normalized spacial score (nSPS) is 22.4. The number of carbonyl (C=O) groups is 1. The number of sulfonamides is 1. The van der Waals surface area contributed by atoms with E-state index in [0.29, 0.717) is 18.1 Å². The van der Waals surface area contributed by atoms with Gasteiger partial charge < -0.3 is 10.2 Å². The minimum absolute atomic E-state index is 0.0304. The van der Waals surface area contributed by atoms with Gasteiger partial charge in [0.2, 0.25) is 15.9 Å². The van der Waals surface area contributed by atoms with Gasteiger partial charge in [-0.05, 0) is 38.1 Å². The number of hydrogen-bond donors (Lipinski definition) is 1. The SMILES string of the molecule is CC1NCCN(C(=O)CN(C)S(=O)(=O)c2ccc(Cl)cc2)C1C. The van der Waals surface area contributed by atoms with Gasteiger partial charge in [0.15, 0.2) is 0 Å². The van der Waals surface area contributed by atoms with Crippen molar-refractivity contribution in [2.24, 2.45) is 0 Å². The highest BCUT2D eigenvalue weighted by molar-refractivity contribution is 7.89. The van der Waals surface area contributed by atoms with E-state index >= 15 is 0 Å². The van der Waals surface area contributed by atoms with Gasteiger partial charge in [-0.1, -0.05) is 11.6 Å². The molecule has 23 heavy (non-hydrogen) atoms. The third kappa shape index (κ3) is 4.03. The second-order valence-corrected chi connectivity index (χ2v) is 8.27. The Bertz CT molecular complexity index is 663. The van der Waals surface area contributed by atoms with Crippen molar-refractivity contribution in [3.63, 3.8) is 0 Å². The van der Waals surface area contributed by atoms with Gasteiger partial charge in [-0.15, -0.1) is 0 Å². The number of nitrogens with zero attached hydrogens (tertiary/aromatic N) is 2. The lowest BCUT2D eigenvalue weighted by molar-refractivity contribution is -0.134. The van der Waals surface area contributed by atoms with Crippen LogP contribution in [-0.2, 0) is 14.8 Å². The van der Waals surface area contributed by atoms with Gasteiger partial charge in [0, 0.05) is 37.2 Å². The second kappa shape index (κ2) is 7.17. The number of likely N-dealkylation sites (N-methyl/N-ethyl adjacent to an activating group) is 1. The van der Waals surface area contributed by atoms with E-state index in [1.165, 1.54) is 31.3 Å². The largest absolute Gasteiger partial charge is 0.336 e. The number of benzene rings is 1. The summed E-state index contributed by atoms with van der Waals surface area (Å²) in [5.41, 5.74) is 0. The summed E-state index contributed by atoms with van der Waals surface area (Å²) in [7, 11) is -2.29. The Kier molecular flexibility index (Phi) is 5.67. The number of piperazine rings is 1. The van der Waals surface area contributed by atoms with Crippen LogP contribution in [0.1, 0.15) is 13.8 Å². The average Bonchev–Trinajstić information content (AvgIpc) is 2.50. The van der Waals surface area contributed by atoms with Crippen LogP contribution in [0.4, 0.5) is 0 Å². The molecule has 0 aromatic heterocycles. The van der Waals surface area contributed by atoms with E-state index in [1.807, 2.05) is 13.8 Å². The molecule has 1 aromatic rings. The zero-order valence-corrected chi connectivity index (χ0v) is 15.1. The van der Waals surface area contributed by atoms with Crippen LogP contribution in [-0.4, -0.2) is 62.3 Å². The highest BCUT2D eigenvalue weighted by Crippen LogP contribution is 2.18. The van der Waals surface area contributed by atoms with Crippen LogP contribution in [0, 0.1) is 0 Å². The smallest absolute Gasteiger partial charge is 0.243 e. The van der Waals surface area contributed by atoms with Gasteiger partial charge in [-0.3, -0.25) is 4.79 Å². The molecule has 0 aliphatic carbocycles. The molecule has 0 bridgehead atoms. The van der Waals surface area contributed by atoms with E-state index in [4.69, 9.17) is 11.6 Å². The fourth-order valence-corrected chi connectivity index (χ4v) is 3.81. The molecular formula is C15H22ClN3O3S. The Morgan fingerprint density at radius 3 is 2.57 bits per heavy atom. The standard InChI is InChI=1S/C15H22ClN3O3S/c1-11-12(2)19(9-8-17-11)15(20)10-18(3)23(21,22)14-6-4-13(16)5-7-14/h4-7,11-12,17H,8-10H2,1-3H3. The summed E-state index contributed by atoms with van der Waals surface area (Å²) < 4.78 is 26.1. The third-order valence-corrected chi connectivity index (χ3v) is 6.30. The van der Waals surface area contributed by atoms with Crippen molar-refractivity contribution in [2.75, 3.05) is 26.7 Å². The Labute approximate surface area is 142 Å². The fraction of sp³-hybridized carbons (Fsp3) is 0.533. The first kappa shape index (κ1) is 18.2. The quantitative estimate of drug-likeness (QED) is 0.876. The predicted molar refractivity (Wildman–Crippen MR) is 89.9 cm³/mol. The van der Waals surface area contributed by atoms with Crippen LogP contribution in [0.5, 0.6) is 0 Å². The third-order valence-electron chi connectivity index (χ3n) is 4.23. The molecule has 1 aliphatic rings. The first-order valence-electron chi connectivity index (χ1n) is 7.48. The monoisotopic (exact) mass is 359 g/mol. The van der Waals surface area contributed by atoms with E-state index in [0.717, 1.165) is 4.31 Å². The van der Waals surface area contributed by atoms with Crippen LogP contribution in [0.2, 0.25) is 5.02 Å². The summed E-state index contributed by atoms with van der Waals surface area (Å²) in [4.78, 5) is 14.3. The topological polar surface area (TPSA) is 69.7 Å². The molecule has 0 radical (unpaired) electrons. The molecule has 1 N–H and O–H groups in total. The minimum atomic E-state index is -3.71. The number of rotatable bonds is 4. The molecule has 1 fully saturated rings. The number of nitrogens with one attached hydrogen (secondary N) is 1. The zero-order valence-electron chi connectivity index (χ0n) is 13.5. The highest BCUT2D eigenvalue weighted by Gasteiger charge is 2.31. The fourth-order valence-electron chi connectivity index (χ4n) is 2.56. The Hall–Kier alpha value is -1.15. The van der Waals surface area contributed by atoms with Crippen molar-refractivity contribution in [3.8, 4) is 0 Å². The molecule has 0 saturated carbocycles. The summed E-state index contributed by atoms with van der Waals surface area (Å²) >= 11 is 5.78. The van der Waals surface area contributed by atoms with E-state index in [9.17, 15) is 13.2 Å². The molecule has 1 amide bonds. The van der Waals surface area contributed by atoms with Crippen molar-refractivity contribution < 1.29 is 13.2 Å². The van der Waals surface area contributed by atoms with Crippen LogP contribution in [0.25, 0.3) is 0 Å². The Morgan fingerprint density at radius 2 is 1.96 bits per heavy atom. The molecule has 1 heterocycles. The average molecular weight is 360 g/mol. The Morgan fingerprint density at radius 1 is 1.35 bits per heavy atom. The summed E-state index contributed by atoms with van der Waals surface area (Å²) in [5.74, 6) is -0.189. The first-order chi connectivity index (χ1) is 10.7. The molecule has 1 aliphatic heterocycles. The van der Waals surface area contributed by atoms with Crippen LogP contribution < -0.4 is 5.32 Å². The van der Waals surface area contributed by atoms with E-state index < -0.39 is 10.0 Å². The van der Waals surface area contributed by atoms with Gasteiger partial charge >= 0.3 is 0 Å². The van der Waals surface area contributed by atoms with Crippen molar-refractivity contribution in [1.82, 2.24) is 14.5 Å². The minimum Gasteiger partial charge on any atom is -0.336 e. The van der Waals surface area contributed by atoms with E-state index in [1.54, 1.807) is 4.90 Å². The summed E-state index contributed by atoms with van der Waals surface area (Å²) in [5, 5.41) is 3.76. The molecule has 2 unspecified atom stereocenters. The van der Waals surface area contributed by atoms with E-state index in [-0.39, 0.29) is 29.4 Å². The van der Waals surface area contributed by atoms with Crippen LogP contribution >= 0.6 is 11.6 Å². The first-order valence-corrected chi connectivity index (χ1v) is 9.30. The molecule has 128 valence electrons. The van der Waals surface area contributed by atoms with Crippen LogP contribution in [0.3, 0.4) is 0 Å². The van der Waals surface area contributed by atoms with E-state index in [2.05, 4.69) is 5.32 Å². The Balaban J connectivity index is 2.09. The van der Waals surface area contributed by atoms with Crippen molar-refractivity contribution in [2.45, 2.75) is 30.8 Å². The molecule has 1 saturated heterocycles. The molecule has 6 nitrogen and oxygen atoms in total. The molecule has 8 heteroatoms. The molecule has 0 spiro atoms. The molecular weight excluding hydrogens is 338 g/mol. The van der Waals surface area contributed by atoms with Gasteiger partial charge in [0.25, 0.3) is 0 Å². The van der Waals surface area contributed by atoms with Crippen molar-refractivity contribution >= 4 is 27.5 Å². The lowest BCUT2D eigenvalue weighted by Gasteiger charge is -2.39. The number of hydrogen-bond acceptors (Lipinski definition) is 4. The summed E-state index contributed by atoms with van der Waals surface area (Å²) in [6.45, 7) is 5.09. The molecule has 1 aromatic carbocycles. The molecule has 2 rings (SSSR count). The van der Waals surface area contributed by atoms with Crippen molar-refractivity contribution in [3.05, 3.63) is 29.3 Å².